The van der Waals surface area contributed by atoms with Gasteiger partial charge >= 0.3 is 6.09 Å². The molecule has 2 N–H and O–H groups in total. The lowest BCUT2D eigenvalue weighted by molar-refractivity contribution is -0.134. The molecular weight excluding hydrogens is 548 g/mol. The third-order valence-electron chi connectivity index (χ3n) is 7.50. The highest BCUT2D eigenvalue weighted by Gasteiger charge is 2.50. The van der Waals surface area contributed by atoms with Crippen LogP contribution in [0.2, 0.25) is 0 Å². The van der Waals surface area contributed by atoms with Gasteiger partial charge in [0.25, 0.3) is 0 Å². The number of alkyl carbamates (subject to hydrolysis) is 1. The van der Waals surface area contributed by atoms with E-state index in [2.05, 4.69) is 10.6 Å². The van der Waals surface area contributed by atoms with E-state index in [-0.39, 0.29) is 31.0 Å². The molecule has 226 valence electrons. The van der Waals surface area contributed by atoms with E-state index in [0.29, 0.717) is 18.8 Å². The summed E-state index contributed by atoms with van der Waals surface area (Å²) < 4.78 is 15.9. The minimum Gasteiger partial charge on any atom is -0.497 e. The SMILES string of the molecule is COc1ccc(C[C@H](CC(=O)[C@@H](C)NC(=O)OCc2ccccc2)C(=O)N[C@@H](Cc2ccccc2)C(=O)[C@@]2(C)CO2)cc1. The van der Waals surface area contributed by atoms with E-state index in [1.807, 2.05) is 72.8 Å². The number of rotatable bonds is 15. The van der Waals surface area contributed by atoms with Crippen LogP contribution >= 0.6 is 0 Å². The number of hydrogen-bond acceptors (Lipinski definition) is 7. The summed E-state index contributed by atoms with van der Waals surface area (Å²) in [5, 5.41) is 5.48. The molecule has 0 aliphatic carbocycles. The van der Waals surface area contributed by atoms with Gasteiger partial charge < -0.3 is 24.8 Å². The summed E-state index contributed by atoms with van der Waals surface area (Å²) in [6.07, 6.45) is -0.351. The number of carbonyl (C=O) groups excluding carboxylic acids is 4. The van der Waals surface area contributed by atoms with Crippen LogP contribution in [0, 0.1) is 5.92 Å². The molecule has 0 unspecified atom stereocenters. The monoisotopic (exact) mass is 586 g/mol. The number of hydrogen-bond donors (Lipinski definition) is 2. The summed E-state index contributed by atoms with van der Waals surface area (Å²) in [4.78, 5) is 52.8. The van der Waals surface area contributed by atoms with Crippen molar-refractivity contribution in [1.82, 2.24) is 10.6 Å². The number of carbonyl (C=O) groups is 4. The number of benzene rings is 3. The van der Waals surface area contributed by atoms with E-state index in [0.717, 1.165) is 16.7 Å². The molecule has 9 heteroatoms. The van der Waals surface area contributed by atoms with Crippen molar-refractivity contribution < 1.29 is 33.4 Å². The number of nitrogens with one attached hydrogen (secondary N) is 2. The molecule has 9 nitrogen and oxygen atoms in total. The van der Waals surface area contributed by atoms with Crippen LogP contribution < -0.4 is 15.4 Å². The Hall–Kier alpha value is -4.50. The molecule has 1 heterocycles. The molecule has 1 fully saturated rings. The van der Waals surface area contributed by atoms with Crippen LogP contribution in [0.25, 0.3) is 0 Å². The molecule has 4 rings (SSSR count). The molecule has 4 atom stereocenters. The average Bonchev–Trinajstić information content (AvgIpc) is 3.78. The highest BCUT2D eigenvalue weighted by atomic mass is 16.6. The van der Waals surface area contributed by atoms with E-state index in [1.165, 1.54) is 0 Å². The van der Waals surface area contributed by atoms with E-state index < -0.39 is 35.6 Å². The van der Waals surface area contributed by atoms with E-state index in [9.17, 15) is 19.2 Å². The first-order chi connectivity index (χ1) is 20.7. The highest BCUT2D eigenvalue weighted by Crippen LogP contribution is 2.29. The molecule has 0 aromatic heterocycles. The molecule has 3 aromatic carbocycles. The van der Waals surface area contributed by atoms with Crippen molar-refractivity contribution >= 4 is 23.6 Å². The summed E-state index contributed by atoms with van der Waals surface area (Å²) in [6, 6.07) is 24.1. The van der Waals surface area contributed by atoms with Gasteiger partial charge in [-0.3, -0.25) is 14.4 Å². The van der Waals surface area contributed by atoms with Crippen LogP contribution in [-0.2, 0) is 43.3 Å². The molecule has 0 radical (unpaired) electrons. The Morgan fingerprint density at radius 1 is 0.837 bits per heavy atom. The van der Waals surface area contributed by atoms with Crippen LogP contribution in [0.5, 0.6) is 5.75 Å². The lowest BCUT2D eigenvalue weighted by Gasteiger charge is -2.24. The van der Waals surface area contributed by atoms with Gasteiger partial charge in [-0.05, 0) is 55.5 Å². The van der Waals surface area contributed by atoms with Crippen molar-refractivity contribution in [3.05, 3.63) is 102 Å². The van der Waals surface area contributed by atoms with Gasteiger partial charge in [0.1, 0.15) is 18.0 Å². The predicted octanol–water partition coefficient (Wildman–Crippen LogP) is 4.21. The number of methoxy groups -OCH3 is 1. The number of epoxide rings is 1. The number of Topliss-reactive ketones (excluding diaryl/α,β-unsaturated/α-hetero) is 2. The Bertz CT molecular complexity index is 1390. The van der Waals surface area contributed by atoms with Gasteiger partial charge in [-0.2, -0.15) is 0 Å². The Kier molecular flexibility index (Phi) is 10.7. The van der Waals surface area contributed by atoms with Crippen molar-refractivity contribution in [3.63, 3.8) is 0 Å². The third-order valence-corrected chi connectivity index (χ3v) is 7.50. The highest BCUT2D eigenvalue weighted by molar-refractivity contribution is 5.98. The summed E-state index contributed by atoms with van der Waals surface area (Å²) in [5.74, 6) is -1.12. The fraction of sp³-hybridized carbons (Fsp3) is 0.353. The van der Waals surface area contributed by atoms with E-state index >= 15 is 0 Å². The zero-order chi connectivity index (χ0) is 30.8. The normalized spacial score (nSPS) is 17.6. The maximum atomic E-state index is 13.8. The minimum atomic E-state index is -0.938. The van der Waals surface area contributed by atoms with Crippen molar-refractivity contribution in [3.8, 4) is 5.75 Å². The molecule has 3 aromatic rings. The largest absolute Gasteiger partial charge is 0.497 e. The quantitative estimate of drug-likeness (QED) is 0.256. The Morgan fingerprint density at radius 3 is 2.00 bits per heavy atom. The van der Waals surface area contributed by atoms with Crippen molar-refractivity contribution in [2.45, 2.75) is 57.4 Å². The van der Waals surface area contributed by atoms with Gasteiger partial charge in [0.15, 0.2) is 11.6 Å². The molecule has 2 amide bonds. The third kappa shape index (κ3) is 9.24. The lowest BCUT2D eigenvalue weighted by atomic mass is 9.90. The molecule has 0 bridgehead atoms. The second-order valence-corrected chi connectivity index (χ2v) is 11.0. The zero-order valence-corrected chi connectivity index (χ0v) is 24.7. The molecule has 1 aliphatic heterocycles. The van der Waals surface area contributed by atoms with Crippen LogP contribution in [-0.4, -0.2) is 55.0 Å². The smallest absolute Gasteiger partial charge is 0.408 e. The fourth-order valence-electron chi connectivity index (χ4n) is 4.71. The standard InChI is InChI=1S/C34H38N2O7/c1-23(35-33(40)42-21-26-12-8-5-9-13-26)30(37)20-27(18-25-14-16-28(41-3)17-15-25)32(39)36-29(31(38)34(2)22-43-34)19-24-10-6-4-7-11-24/h4-17,23,27,29H,18-22H2,1-3H3,(H,35,40)(H,36,39)/t23-,27-,29+,34-/m1/s1. The van der Waals surface area contributed by atoms with Crippen molar-refractivity contribution in [2.24, 2.45) is 5.92 Å². The van der Waals surface area contributed by atoms with Gasteiger partial charge in [0.05, 0.1) is 25.8 Å². The molecular formula is C34H38N2O7. The van der Waals surface area contributed by atoms with Gasteiger partial charge in [-0.25, -0.2) is 4.79 Å². The number of amides is 2. The molecule has 43 heavy (non-hydrogen) atoms. The van der Waals surface area contributed by atoms with Crippen LogP contribution in [0.3, 0.4) is 0 Å². The van der Waals surface area contributed by atoms with Crippen LogP contribution in [0.1, 0.15) is 37.0 Å². The second kappa shape index (κ2) is 14.6. The Morgan fingerprint density at radius 2 is 1.42 bits per heavy atom. The Labute approximate surface area is 251 Å². The predicted molar refractivity (Wildman–Crippen MR) is 160 cm³/mol. The summed E-state index contributed by atoms with van der Waals surface area (Å²) in [6.45, 7) is 3.63. The first kappa shape index (κ1) is 31.4. The average molecular weight is 587 g/mol. The van der Waals surface area contributed by atoms with E-state index in [4.69, 9.17) is 14.2 Å². The van der Waals surface area contributed by atoms with E-state index in [1.54, 1.807) is 33.1 Å². The molecule has 1 saturated heterocycles. The van der Waals surface area contributed by atoms with Crippen LogP contribution in [0.4, 0.5) is 4.79 Å². The zero-order valence-electron chi connectivity index (χ0n) is 24.7. The lowest BCUT2D eigenvalue weighted by Crippen LogP contribution is -2.50. The van der Waals surface area contributed by atoms with Gasteiger partial charge in [-0.15, -0.1) is 0 Å². The fourth-order valence-corrected chi connectivity index (χ4v) is 4.71. The molecule has 0 spiro atoms. The van der Waals surface area contributed by atoms with Crippen LogP contribution in [0.15, 0.2) is 84.9 Å². The second-order valence-electron chi connectivity index (χ2n) is 11.0. The minimum absolute atomic E-state index is 0.0650. The topological polar surface area (TPSA) is 123 Å². The van der Waals surface area contributed by atoms with Crippen molar-refractivity contribution in [2.75, 3.05) is 13.7 Å². The number of ketones is 2. The molecule has 1 aliphatic rings. The maximum absolute atomic E-state index is 13.8. The summed E-state index contributed by atoms with van der Waals surface area (Å²) in [5.41, 5.74) is 1.59. The van der Waals surface area contributed by atoms with Gasteiger partial charge in [0, 0.05) is 12.3 Å². The first-order valence-corrected chi connectivity index (χ1v) is 14.3. The van der Waals surface area contributed by atoms with Gasteiger partial charge in [-0.1, -0.05) is 72.8 Å². The maximum Gasteiger partial charge on any atom is 0.408 e. The summed E-state index contributed by atoms with van der Waals surface area (Å²) in [7, 11) is 1.57. The first-order valence-electron chi connectivity index (χ1n) is 14.3. The summed E-state index contributed by atoms with van der Waals surface area (Å²) >= 11 is 0. The molecule has 0 saturated carbocycles. The Balaban J connectivity index is 1.45. The van der Waals surface area contributed by atoms with Crippen molar-refractivity contribution in [1.29, 1.82) is 0 Å². The number of ether oxygens (including phenoxy) is 3. The van der Waals surface area contributed by atoms with Gasteiger partial charge in [0.2, 0.25) is 5.91 Å².